The van der Waals surface area contributed by atoms with Gasteiger partial charge in [-0.15, -0.1) is 0 Å². The van der Waals surface area contributed by atoms with E-state index in [1.54, 1.807) is 24.7 Å². The molecule has 8 heteroatoms. The van der Waals surface area contributed by atoms with Crippen molar-refractivity contribution < 1.29 is 4.79 Å². The fraction of sp³-hybridized carbons (Fsp3) is 0.348. The van der Waals surface area contributed by atoms with E-state index in [9.17, 15) is 4.79 Å². The van der Waals surface area contributed by atoms with Crippen LogP contribution < -0.4 is 0 Å². The summed E-state index contributed by atoms with van der Waals surface area (Å²) in [7, 11) is 0. The van der Waals surface area contributed by atoms with E-state index in [0.717, 1.165) is 48.3 Å². The van der Waals surface area contributed by atoms with Crippen LogP contribution in [0.1, 0.15) is 37.0 Å². The van der Waals surface area contributed by atoms with Crippen LogP contribution in [-0.2, 0) is 11.2 Å². The number of aromatic amines is 1. The number of imidazole rings is 1. The van der Waals surface area contributed by atoms with Gasteiger partial charge in [0.05, 0.1) is 29.2 Å². The summed E-state index contributed by atoms with van der Waals surface area (Å²) in [6, 6.07) is 8.79. The quantitative estimate of drug-likeness (QED) is 0.488. The van der Waals surface area contributed by atoms with Gasteiger partial charge in [-0.25, -0.2) is 4.98 Å². The predicted octanol–water partition coefficient (Wildman–Crippen LogP) is 2.73. The molecule has 0 bridgehead atoms. The van der Waals surface area contributed by atoms with Gasteiger partial charge in [0, 0.05) is 62.1 Å². The number of nitrogens with one attached hydrogen (secondary N) is 1. The molecular weight excluding hydrogens is 390 g/mol. The van der Waals surface area contributed by atoms with Crippen LogP contribution in [0.2, 0.25) is 0 Å². The number of carbonyl (C=O) groups excluding carboxylic acids is 1. The number of aldehydes is 1. The average molecular weight is 416 g/mol. The monoisotopic (exact) mass is 415 g/mol. The van der Waals surface area contributed by atoms with E-state index >= 15 is 0 Å². The minimum atomic E-state index is 0.187. The highest BCUT2D eigenvalue weighted by Gasteiger charge is 2.29. The Hall–Kier alpha value is -3.57. The summed E-state index contributed by atoms with van der Waals surface area (Å²) in [6.45, 7) is 6.84. The maximum atomic E-state index is 11.3. The largest absolute Gasteiger partial charge is 0.363 e. The van der Waals surface area contributed by atoms with Crippen LogP contribution in [0.3, 0.4) is 0 Å². The van der Waals surface area contributed by atoms with Gasteiger partial charge in [0.1, 0.15) is 6.29 Å². The molecule has 3 aromatic rings. The van der Waals surface area contributed by atoms with Crippen LogP contribution in [0.15, 0.2) is 42.9 Å². The summed E-state index contributed by atoms with van der Waals surface area (Å²) in [5.41, 5.74) is 4.52. The lowest BCUT2D eigenvalue weighted by atomic mass is 10.0. The number of carbonyl (C=O) groups is 1. The summed E-state index contributed by atoms with van der Waals surface area (Å²) < 4.78 is 0. The van der Waals surface area contributed by atoms with Gasteiger partial charge in [0.15, 0.2) is 5.82 Å². The third kappa shape index (κ3) is 4.32. The number of nitriles is 1. The molecule has 0 aliphatic carbocycles. The fourth-order valence-corrected chi connectivity index (χ4v) is 4.19. The molecule has 158 valence electrons. The molecule has 31 heavy (non-hydrogen) atoms. The number of allylic oxidation sites excluding steroid dienone is 1. The number of aromatic nitrogens is 4. The third-order valence-electron chi connectivity index (χ3n) is 5.86. The summed E-state index contributed by atoms with van der Waals surface area (Å²) in [5.74, 6) is 0.624. The lowest BCUT2D eigenvalue weighted by Crippen LogP contribution is -2.51. The standard InChI is InChI=1S/C23H25N7O/c1-16-15-29(17(2)18-3-4-20-21(13-18)26-9-8-25-20)10-11-30(16)22(6-12-31)23-27-14-19(28-23)5-7-24/h3-4,6,8-9,12-14,16-17H,5,10-11,15H2,1-2H3,(H,27,28)/b22-6+. The smallest absolute Gasteiger partial charge is 0.154 e. The Morgan fingerprint density at radius 2 is 2.10 bits per heavy atom. The number of H-pyrrole nitrogens is 1. The maximum absolute atomic E-state index is 11.3. The van der Waals surface area contributed by atoms with Crippen molar-refractivity contribution in [2.75, 3.05) is 19.6 Å². The van der Waals surface area contributed by atoms with E-state index in [2.05, 4.69) is 61.8 Å². The number of nitrogens with zero attached hydrogens (tertiary/aromatic N) is 6. The SMILES string of the molecule is CC(c1ccc2nccnc2c1)N1CCN(/C(=C/C=O)c2ncc(CC#N)[nH]2)C(C)C1. The van der Waals surface area contributed by atoms with Crippen LogP contribution in [0, 0.1) is 11.3 Å². The normalized spacial score (nSPS) is 18.7. The van der Waals surface area contributed by atoms with Crippen LogP contribution in [0.5, 0.6) is 0 Å². The minimum Gasteiger partial charge on any atom is -0.363 e. The van der Waals surface area contributed by atoms with E-state index < -0.39 is 0 Å². The summed E-state index contributed by atoms with van der Waals surface area (Å²) in [5, 5.41) is 8.90. The van der Waals surface area contributed by atoms with Crippen molar-refractivity contribution in [3.05, 3.63) is 59.9 Å². The molecule has 2 aromatic heterocycles. The van der Waals surface area contributed by atoms with Gasteiger partial charge in [-0.2, -0.15) is 5.26 Å². The lowest BCUT2D eigenvalue weighted by Gasteiger charge is -2.44. The average Bonchev–Trinajstić information content (AvgIpc) is 3.25. The molecule has 1 aliphatic heterocycles. The molecule has 0 spiro atoms. The van der Waals surface area contributed by atoms with Crippen molar-refractivity contribution >= 4 is 23.0 Å². The molecule has 0 radical (unpaired) electrons. The van der Waals surface area contributed by atoms with Crippen molar-refractivity contribution in [2.24, 2.45) is 0 Å². The molecule has 2 atom stereocenters. The van der Waals surface area contributed by atoms with Crippen molar-refractivity contribution in [2.45, 2.75) is 32.4 Å². The third-order valence-corrected chi connectivity index (χ3v) is 5.86. The summed E-state index contributed by atoms with van der Waals surface area (Å²) in [6.07, 6.45) is 7.68. The second kappa shape index (κ2) is 9.06. The first kappa shape index (κ1) is 20.7. The van der Waals surface area contributed by atoms with Crippen LogP contribution in [0.25, 0.3) is 16.7 Å². The topological polar surface area (TPSA) is 102 Å². The Morgan fingerprint density at radius 3 is 2.84 bits per heavy atom. The number of benzene rings is 1. The van der Waals surface area contributed by atoms with Crippen molar-refractivity contribution in [3.8, 4) is 6.07 Å². The molecule has 8 nitrogen and oxygen atoms in total. The van der Waals surface area contributed by atoms with Crippen molar-refractivity contribution in [1.29, 1.82) is 5.26 Å². The molecule has 1 saturated heterocycles. The summed E-state index contributed by atoms with van der Waals surface area (Å²) in [4.78, 5) is 32.3. The maximum Gasteiger partial charge on any atom is 0.154 e. The van der Waals surface area contributed by atoms with E-state index in [1.165, 1.54) is 5.56 Å². The van der Waals surface area contributed by atoms with E-state index in [1.807, 2.05) is 6.07 Å². The number of piperazine rings is 1. The van der Waals surface area contributed by atoms with Crippen LogP contribution >= 0.6 is 0 Å². The number of rotatable bonds is 6. The highest BCUT2D eigenvalue weighted by Crippen LogP contribution is 2.28. The summed E-state index contributed by atoms with van der Waals surface area (Å²) >= 11 is 0. The lowest BCUT2D eigenvalue weighted by molar-refractivity contribution is -0.104. The molecule has 0 amide bonds. The zero-order chi connectivity index (χ0) is 21.8. The van der Waals surface area contributed by atoms with Crippen LogP contribution in [0.4, 0.5) is 0 Å². The van der Waals surface area contributed by atoms with Crippen LogP contribution in [-0.4, -0.2) is 61.7 Å². The van der Waals surface area contributed by atoms with Gasteiger partial charge in [0.2, 0.25) is 0 Å². The van der Waals surface area contributed by atoms with E-state index in [-0.39, 0.29) is 18.5 Å². The van der Waals surface area contributed by atoms with Gasteiger partial charge in [-0.3, -0.25) is 19.7 Å². The minimum absolute atomic E-state index is 0.187. The van der Waals surface area contributed by atoms with Crippen molar-refractivity contribution in [3.63, 3.8) is 0 Å². The van der Waals surface area contributed by atoms with E-state index in [0.29, 0.717) is 5.82 Å². The number of hydrogen-bond donors (Lipinski definition) is 1. The Balaban J connectivity index is 1.50. The zero-order valence-corrected chi connectivity index (χ0v) is 17.7. The second-order valence-electron chi connectivity index (χ2n) is 7.80. The first-order valence-corrected chi connectivity index (χ1v) is 10.4. The Labute approximate surface area is 181 Å². The molecule has 2 unspecified atom stereocenters. The Morgan fingerprint density at radius 1 is 1.29 bits per heavy atom. The highest BCUT2D eigenvalue weighted by atomic mass is 16.1. The first-order valence-electron chi connectivity index (χ1n) is 10.4. The predicted molar refractivity (Wildman–Crippen MR) is 118 cm³/mol. The highest BCUT2D eigenvalue weighted by molar-refractivity contribution is 5.79. The molecule has 3 heterocycles. The van der Waals surface area contributed by atoms with Gasteiger partial charge >= 0.3 is 0 Å². The molecule has 1 fully saturated rings. The Bertz CT molecular complexity index is 1150. The first-order chi connectivity index (χ1) is 15.1. The van der Waals surface area contributed by atoms with E-state index in [4.69, 9.17) is 5.26 Å². The molecule has 1 aliphatic rings. The number of fused-ring (bicyclic) bond motifs is 1. The molecule has 1 N–H and O–H groups in total. The van der Waals surface area contributed by atoms with Gasteiger partial charge < -0.3 is 9.88 Å². The number of hydrogen-bond acceptors (Lipinski definition) is 7. The molecule has 4 rings (SSSR count). The molecule has 1 aromatic carbocycles. The van der Waals surface area contributed by atoms with Gasteiger partial charge in [-0.05, 0) is 31.5 Å². The van der Waals surface area contributed by atoms with Crippen molar-refractivity contribution in [1.82, 2.24) is 29.7 Å². The second-order valence-corrected chi connectivity index (χ2v) is 7.80. The molecule has 0 saturated carbocycles. The zero-order valence-electron chi connectivity index (χ0n) is 17.7. The van der Waals surface area contributed by atoms with Gasteiger partial charge in [-0.1, -0.05) is 6.07 Å². The van der Waals surface area contributed by atoms with Gasteiger partial charge in [0.25, 0.3) is 0 Å². The fourth-order valence-electron chi connectivity index (χ4n) is 4.19. The molecular formula is C23H25N7O. The Kier molecular flexibility index (Phi) is 6.05.